The van der Waals surface area contributed by atoms with Gasteiger partial charge >= 0.3 is 5.97 Å². The molecule has 4 aromatic rings. The first kappa shape index (κ1) is 17.1. The highest BCUT2D eigenvalue weighted by molar-refractivity contribution is 7.24. The zero-order valence-corrected chi connectivity index (χ0v) is 15.7. The fourth-order valence-corrected chi connectivity index (χ4v) is 4.85. The smallest absolute Gasteiger partial charge is 0.342 e. The first-order chi connectivity index (χ1) is 13.6. The van der Waals surface area contributed by atoms with Crippen molar-refractivity contribution in [1.29, 1.82) is 0 Å². The molecule has 1 saturated heterocycles. The lowest BCUT2D eigenvalue weighted by Gasteiger charge is -2.20. The lowest BCUT2D eigenvalue weighted by Crippen LogP contribution is -2.29. The fraction of sp³-hybridized carbons (Fsp3) is 0.263. The predicted octanol–water partition coefficient (Wildman–Crippen LogP) is 1.96. The van der Waals surface area contributed by atoms with Crippen LogP contribution in [0.2, 0.25) is 0 Å². The van der Waals surface area contributed by atoms with Crippen molar-refractivity contribution in [3.63, 3.8) is 0 Å². The van der Waals surface area contributed by atoms with Crippen molar-refractivity contribution in [3.05, 3.63) is 46.2 Å². The highest BCUT2D eigenvalue weighted by Crippen LogP contribution is 2.30. The molecule has 142 valence electrons. The van der Waals surface area contributed by atoms with E-state index in [1.165, 1.54) is 17.5 Å². The summed E-state index contributed by atoms with van der Waals surface area (Å²) in [6.07, 6.45) is 2.44. The molecular formula is C19H17N5O3S. The molecule has 8 nitrogen and oxygen atoms in total. The van der Waals surface area contributed by atoms with Crippen LogP contribution in [0.25, 0.3) is 26.1 Å². The molecule has 0 saturated carbocycles. The summed E-state index contributed by atoms with van der Waals surface area (Å²) in [5, 5.41) is 13.2. The van der Waals surface area contributed by atoms with E-state index >= 15 is 0 Å². The standard InChI is InChI=1S/C19H17N5O3S/c25-15-11-10-21-19(23-8-3-6-20-7-9-23)22-16(11)24-12-4-1-2-5-13(12)28-17(24)14(15)18(26)27/h1-2,4-5,10,20H,3,6-9H2,(H,26,27). The summed E-state index contributed by atoms with van der Waals surface area (Å²) in [6.45, 7) is 3.40. The number of fused-ring (bicyclic) bond motifs is 5. The maximum atomic E-state index is 12.9. The van der Waals surface area contributed by atoms with Crippen molar-refractivity contribution in [3.8, 4) is 0 Å². The van der Waals surface area contributed by atoms with E-state index in [9.17, 15) is 14.7 Å². The van der Waals surface area contributed by atoms with Crippen molar-refractivity contribution in [2.24, 2.45) is 0 Å². The summed E-state index contributed by atoms with van der Waals surface area (Å²) in [7, 11) is 0. The van der Waals surface area contributed by atoms with Gasteiger partial charge in [0.2, 0.25) is 11.4 Å². The van der Waals surface area contributed by atoms with Crippen LogP contribution in [0.3, 0.4) is 0 Å². The SMILES string of the molecule is O=C(O)c1c(=O)c2cnc(N3CCCNCC3)nc2n2c1sc1ccccc12. The summed E-state index contributed by atoms with van der Waals surface area (Å²) >= 11 is 1.29. The Morgan fingerprint density at radius 2 is 2.07 bits per heavy atom. The van der Waals surface area contributed by atoms with Gasteiger partial charge in [0, 0.05) is 25.8 Å². The molecule has 1 aliphatic rings. The second kappa shape index (κ2) is 6.54. The average Bonchev–Trinajstić information content (AvgIpc) is 2.87. The molecule has 1 fully saturated rings. The van der Waals surface area contributed by atoms with Crippen LogP contribution in [0.15, 0.2) is 35.3 Å². The Bertz CT molecular complexity index is 1290. The van der Waals surface area contributed by atoms with Crippen molar-refractivity contribution >= 4 is 49.3 Å². The molecule has 0 atom stereocenters. The molecule has 0 unspecified atom stereocenters. The van der Waals surface area contributed by atoms with Crippen LogP contribution >= 0.6 is 11.3 Å². The number of hydrogen-bond donors (Lipinski definition) is 2. The van der Waals surface area contributed by atoms with Crippen LogP contribution in [0, 0.1) is 0 Å². The minimum atomic E-state index is -1.24. The molecule has 0 bridgehead atoms. The summed E-state index contributed by atoms with van der Waals surface area (Å²) in [5.41, 5.74) is 0.504. The number of pyridine rings is 1. The van der Waals surface area contributed by atoms with E-state index in [0.29, 0.717) is 16.4 Å². The summed E-state index contributed by atoms with van der Waals surface area (Å²) in [4.78, 5) is 36.4. The van der Waals surface area contributed by atoms with Crippen LogP contribution in [0.5, 0.6) is 0 Å². The molecule has 5 rings (SSSR count). The van der Waals surface area contributed by atoms with E-state index in [1.54, 1.807) is 4.40 Å². The number of hydrogen-bond acceptors (Lipinski definition) is 7. The Labute approximate surface area is 163 Å². The molecule has 1 aliphatic heterocycles. The molecule has 3 aromatic heterocycles. The van der Waals surface area contributed by atoms with Crippen molar-refractivity contribution in [2.75, 3.05) is 31.1 Å². The zero-order chi connectivity index (χ0) is 19.3. The minimum absolute atomic E-state index is 0.218. The van der Waals surface area contributed by atoms with Crippen LogP contribution in [0.4, 0.5) is 5.95 Å². The van der Waals surface area contributed by atoms with Crippen LogP contribution < -0.4 is 15.6 Å². The number of aromatic nitrogens is 3. The number of nitrogens with one attached hydrogen (secondary N) is 1. The Morgan fingerprint density at radius 1 is 1.21 bits per heavy atom. The van der Waals surface area contributed by atoms with Gasteiger partial charge in [-0.1, -0.05) is 12.1 Å². The number of nitrogens with zero attached hydrogens (tertiary/aromatic N) is 4. The Balaban J connectivity index is 1.88. The number of rotatable bonds is 2. The second-order valence-electron chi connectivity index (χ2n) is 6.72. The van der Waals surface area contributed by atoms with Crippen LogP contribution in [-0.2, 0) is 0 Å². The summed E-state index contributed by atoms with van der Waals surface area (Å²) in [6, 6.07) is 7.61. The van der Waals surface area contributed by atoms with Gasteiger partial charge in [-0.05, 0) is 25.1 Å². The minimum Gasteiger partial charge on any atom is -0.477 e. The maximum absolute atomic E-state index is 12.9. The van der Waals surface area contributed by atoms with E-state index in [4.69, 9.17) is 4.98 Å². The number of thiazole rings is 1. The number of carboxylic acid groups (broad SMARTS) is 1. The van der Waals surface area contributed by atoms with Gasteiger partial charge in [0.05, 0.1) is 15.6 Å². The van der Waals surface area contributed by atoms with Gasteiger partial charge < -0.3 is 15.3 Å². The fourth-order valence-electron chi connectivity index (χ4n) is 3.67. The molecule has 9 heteroatoms. The molecule has 2 N–H and O–H groups in total. The highest BCUT2D eigenvalue weighted by atomic mass is 32.1. The third kappa shape index (κ3) is 2.54. The maximum Gasteiger partial charge on any atom is 0.342 e. The van der Waals surface area contributed by atoms with Crippen LogP contribution in [0.1, 0.15) is 16.8 Å². The van der Waals surface area contributed by atoms with Gasteiger partial charge in [0.1, 0.15) is 10.4 Å². The van der Waals surface area contributed by atoms with Crippen molar-refractivity contribution < 1.29 is 9.90 Å². The first-order valence-electron chi connectivity index (χ1n) is 9.07. The van der Waals surface area contributed by atoms with E-state index < -0.39 is 11.4 Å². The van der Waals surface area contributed by atoms with E-state index in [2.05, 4.69) is 15.2 Å². The molecule has 1 aromatic carbocycles. The second-order valence-corrected chi connectivity index (χ2v) is 7.75. The largest absolute Gasteiger partial charge is 0.477 e. The van der Waals surface area contributed by atoms with Crippen LogP contribution in [-0.4, -0.2) is 51.6 Å². The first-order valence-corrected chi connectivity index (χ1v) is 9.89. The van der Waals surface area contributed by atoms with Gasteiger partial charge in [0.15, 0.2) is 5.65 Å². The van der Waals surface area contributed by atoms with Gasteiger partial charge in [-0.3, -0.25) is 9.20 Å². The van der Waals surface area contributed by atoms with E-state index in [0.717, 1.165) is 42.8 Å². The predicted molar refractivity (Wildman–Crippen MR) is 109 cm³/mol. The number of benzene rings is 1. The average molecular weight is 395 g/mol. The zero-order valence-electron chi connectivity index (χ0n) is 14.9. The number of carbonyl (C=O) groups is 1. The van der Waals surface area contributed by atoms with E-state index in [-0.39, 0.29) is 10.9 Å². The Hall–Kier alpha value is -3.04. The van der Waals surface area contributed by atoms with E-state index in [1.807, 2.05) is 24.3 Å². The monoisotopic (exact) mass is 395 g/mol. The molecule has 0 radical (unpaired) electrons. The lowest BCUT2D eigenvalue weighted by molar-refractivity contribution is 0.0697. The number of anilines is 1. The molecule has 0 amide bonds. The molecule has 4 heterocycles. The summed E-state index contributed by atoms with van der Waals surface area (Å²) in [5.74, 6) is -0.679. The number of para-hydroxylation sites is 1. The normalized spacial score (nSPS) is 15.4. The van der Waals surface area contributed by atoms with Gasteiger partial charge in [-0.2, -0.15) is 4.98 Å². The summed E-state index contributed by atoms with van der Waals surface area (Å²) < 4.78 is 2.68. The molecule has 0 spiro atoms. The van der Waals surface area contributed by atoms with Gasteiger partial charge in [0.25, 0.3) is 0 Å². The third-order valence-electron chi connectivity index (χ3n) is 5.01. The number of aromatic carboxylic acids is 1. The lowest BCUT2D eigenvalue weighted by atomic mass is 10.2. The van der Waals surface area contributed by atoms with Crippen molar-refractivity contribution in [2.45, 2.75) is 6.42 Å². The molecule has 0 aliphatic carbocycles. The van der Waals surface area contributed by atoms with Gasteiger partial charge in [-0.25, -0.2) is 9.78 Å². The highest BCUT2D eigenvalue weighted by Gasteiger charge is 2.23. The quantitative estimate of drug-likeness (QED) is 0.535. The number of carboxylic acids is 1. The van der Waals surface area contributed by atoms with Crippen molar-refractivity contribution in [1.82, 2.24) is 19.7 Å². The molecule has 28 heavy (non-hydrogen) atoms. The third-order valence-corrected chi connectivity index (χ3v) is 6.15. The Morgan fingerprint density at radius 3 is 2.93 bits per heavy atom. The molecular weight excluding hydrogens is 378 g/mol. The van der Waals surface area contributed by atoms with Gasteiger partial charge in [-0.15, -0.1) is 11.3 Å². The topological polar surface area (TPSA) is 99.8 Å². The Kier molecular flexibility index (Phi) is 3.99.